The summed E-state index contributed by atoms with van der Waals surface area (Å²) in [5, 5.41) is 0. The standard InChI is InChI=1S/C15H28O/c1-2-13-7-4-3-5-8-14(13)9-6-10-15-11-12-16-15/h13-15H,2-12H2,1H3. The minimum absolute atomic E-state index is 0.630. The summed E-state index contributed by atoms with van der Waals surface area (Å²) in [4.78, 5) is 0. The van der Waals surface area contributed by atoms with E-state index in [0.717, 1.165) is 18.4 Å². The van der Waals surface area contributed by atoms with Crippen molar-refractivity contribution in [3.63, 3.8) is 0 Å². The molecule has 2 fully saturated rings. The lowest BCUT2D eigenvalue weighted by Gasteiger charge is -2.28. The first-order valence-corrected chi connectivity index (χ1v) is 7.51. The second kappa shape index (κ2) is 6.64. The second-order valence-electron chi connectivity index (χ2n) is 5.78. The molecule has 3 unspecified atom stereocenters. The van der Waals surface area contributed by atoms with E-state index in [1.165, 1.54) is 64.2 Å². The molecular formula is C15H28O. The molecular weight excluding hydrogens is 196 g/mol. The Morgan fingerprint density at radius 1 is 0.938 bits per heavy atom. The van der Waals surface area contributed by atoms with Crippen LogP contribution in [-0.4, -0.2) is 12.7 Å². The Labute approximate surface area is 101 Å². The highest BCUT2D eigenvalue weighted by atomic mass is 16.5. The maximum Gasteiger partial charge on any atom is 0.0597 e. The van der Waals surface area contributed by atoms with Gasteiger partial charge in [0.05, 0.1) is 6.10 Å². The molecule has 0 N–H and O–H groups in total. The Balaban J connectivity index is 1.67. The van der Waals surface area contributed by atoms with Crippen molar-refractivity contribution in [2.75, 3.05) is 6.61 Å². The molecule has 0 radical (unpaired) electrons. The van der Waals surface area contributed by atoms with Crippen molar-refractivity contribution < 1.29 is 4.74 Å². The van der Waals surface area contributed by atoms with Gasteiger partial charge in [0, 0.05) is 6.61 Å². The molecule has 1 aliphatic carbocycles. The lowest BCUT2D eigenvalue weighted by Crippen LogP contribution is -2.26. The lowest BCUT2D eigenvalue weighted by atomic mass is 9.82. The van der Waals surface area contributed by atoms with E-state index in [4.69, 9.17) is 4.74 Å². The van der Waals surface area contributed by atoms with Gasteiger partial charge in [-0.1, -0.05) is 58.3 Å². The molecule has 0 amide bonds. The topological polar surface area (TPSA) is 9.23 Å². The highest BCUT2D eigenvalue weighted by Crippen LogP contribution is 2.34. The van der Waals surface area contributed by atoms with E-state index in [2.05, 4.69) is 6.92 Å². The molecule has 0 aromatic carbocycles. The van der Waals surface area contributed by atoms with Gasteiger partial charge in [0.1, 0.15) is 0 Å². The van der Waals surface area contributed by atoms with Crippen molar-refractivity contribution in [2.45, 2.75) is 77.2 Å². The molecule has 0 bridgehead atoms. The summed E-state index contributed by atoms with van der Waals surface area (Å²) in [6.07, 6.45) is 15.0. The minimum atomic E-state index is 0.630. The highest BCUT2D eigenvalue weighted by molar-refractivity contribution is 4.74. The fourth-order valence-electron chi connectivity index (χ4n) is 3.50. The van der Waals surface area contributed by atoms with Gasteiger partial charge in [-0.2, -0.15) is 0 Å². The van der Waals surface area contributed by atoms with Crippen LogP contribution in [0.25, 0.3) is 0 Å². The summed E-state index contributed by atoms with van der Waals surface area (Å²) in [7, 11) is 0. The van der Waals surface area contributed by atoms with Crippen LogP contribution in [0.4, 0.5) is 0 Å². The van der Waals surface area contributed by atoms with Crippen LogP contribution in [-0.2, 0) is 4.74 Å². The summed E-state index contributed by atoms with van der Waals surface area (Å²) in [5.74, 6) is 2.07. The smallest absolute Gasteiger partial charge is 0.0597 e. The molecule has 1 nitrogen and oxygen atoms in total. The van der Waals surface area contributed by atoms with Gasteiger partial charge in [-0.15, -0.1) is 0 Å². The van der Waals surface area contributed by atoms with Gasteiger partial charge in [0.2, 0.25) is 0 Å². The van der Waals surface area contributed by atoms with E-state index in [1.54, 1.807) is 0 Å². The molecule has 16 heavy (non-hydrogen) atoms. The summed E-state index contributed by atoms with van der Waals surface area (Å²) < 4.78 is 5.50. The van der Waals surface area contributed by atoms with E-state index >= 15 is 0 Å². The predicted molar refractivity (Wildman–Crippen MR) is 68.6 cm³/mol. The van der Waals surface area contributed by atoms with Crippen LogP contribution in [0.1, 0.15) is 71.1 Å². The molecule has 0 aromatic heterocycles. The second-order valence-corrected chi connectivity index (χ2v) is 5.78. The lowest BCUT2D eigenvalue weighted by molar-refractivity contribution is -0.0562. The fraction of sp³-hybridized carbons (Fsp3) is 1.00. The van der Waals surface area contributed by atoms with E-state index in [0.29, 0.717) is 6.10 Å². The molecule has 2 rings (SSSR count). The van der Waals surface area contributed by atoms with Crippen molar-refractivity contribution in [2.24, 2.45) is 11.8 Å². The van der Waals surface area contributed by atoms with Crippen molar-refractivity contribution in [3.8, 4) is 0 Å². The van der Waals surface area contributed by atoms with E-state index in [-0.39, 0.29) is 0 Å². The third-order valence-corrected chi connectivity index (χ3v) is 4.74. The van der Waals surface area contributed by atoms with Gasteiger partial charge < -0.3 is 4.74 Å². The molecule has 2 aliphatic rings. The molecule has 1 heteroatoms. The molecule has 1 aliphatic heterocycles. The molecule has 0 spiro atoms. The zero-order valence-corrected chi connectivity index (χ0v) is 10.9. The SMILES string of the molecule is CCC1CCCCCC1CCCC1CCO1. The van der Waals surface area contributed by atoms with Gasteiger partial charge in [0.15, 0.2) is 0 Å². The minimum Gasteiger partial charge on any atom is -0.378 e. The van der Waals surface area contributed by atoms with Gasteiger partial charge >= 0.3 is 0 Å². The fourth-order valence-corrected chi connectivity index (χ4v) is 3.50. The number of ether oxygens (including phenoxy) is 1. The van der Waals surface area contributed by atoms with Crippen LogP contribution in [0.3, 0.4) is 0 Å². The number of hydrogen-bond donors (Lipinski definition) is 0. The third kappa shape index (κ3) is 3.48. The van der Waals surface area contributed by atoms with E-state index in [9.17, 15) is 0 Å². The number of hydrogen-bond acceptors (Lipinski definition) is 1. The van der Waals surface area contributed by atoms with Crippen LogP contribution < -0.4 is 0 Å². The van der Waals surface area contributed by atoms with Crippen LogP contribution >= 0.6 is 0 Å². The highest BCUT2D eigenvalue weighted by Gasteiger charge is 2.23. The average molecular weight is 224 g/mol. The maximum atomic E-state index is 5.50. The monoisotopic (exact) mass is 224 g/mol. The van der Waals surface area contributed by atoms with Gasteiger partial charge in [-0.3, -0.25) is 0 Å². The first kappa shape index (κ1) is 12.4. The molecule has 94 valence electrons. The van der Waals surface area contributed by atoms with Gasteiger partial charge in [0.25, 0.3) is 0 Å². The molecule has 1 saturated heterocycles. The Morgan fingerprint density at radius 2 is 1.69 bits per heavy atom. The molecule has 0 aromatic rings. The largest absolute Gasteiger partial charge is 0.378 e. The van der Waals surface area contributed by atoms with Crippen LogP contribution in [0.2, 0.25) is 0 Å². The Hall–Kier alpha value is -0.0400. The molecule has 1 heterocycles. The average Bonchev–Trinajstić information content (AvgIpc) is 2.46. The Bertz CT molecular complexity index is 186. The number of rotatable bonds is 5. The first-order valence-electron chi connectivity index (χ1n) is 7.51. The van der Waals surface area contributed by atoms with Crippen LogP contribution in [0.5, 0.6) is 0 Å². The van der Waals surface area contributed by atoms with Crippen molar-refractivity contribution >= 4 is 0 Å². The summed E-state index contributed by atoms with van der Waals surface area (Å²) in [5.41, 5.74) is 0. The van der Waals surface area contributed by atoms with Gasteiger partial charge in [-0.05, 0) is 24.7 Å². The summed E-state index contributed by atoms with van der Waals surface area (Å²) in [6.45, 7) is 3.41. The van der Waals surface area contributed by atoms with Crippen LogP contribution in [0, 0.1) is 11.8 Å². The molecule has 3 atom stereocenters. The third-order valence-electron chi connectivity index (χ3n) is 4.74. The van der Waals surface area contributed by atoms with Crippen molar-refractivity contribution in [1.29, 1.82) is 0 Å². The summed E-state index contributed by atoms with van der Waals surface area (Å²) in [6, 6.07) is 0. The summed E-state index contributed by atoms with van der Waals surface area (Å²) >= 11 is 0. The van der Waals surface area contributed by atoms with Gasteiger partial charge in [-0.25, -0.2) is 0 Å². The quantitative estimate of drug-likeness (QED) is 0.622. The first-order chi connectivity index (χ1) is 7.90. The van der Waals surface area contributed by atoms with Crippen LogP contribution in [0.15, 0.2) is 0 Å². The molecule has 1 saturated carbocycles. The maximum absolute atomic E-state index is 5.50. The zero-order chi connectivity index (χ0) is 11.2. The predicted octanol–water partition coefficient (Wildman–Crippen LogP) is 4.55. The van der Waals surface area contributed by atoms with Crippen molar-refractivity contribution in [3.05, 3.63) is 0 Å². The van der Waals surface area contributed by atoms with E-state index in [1.807, 2.05) is 0 Å². The zero-order valence-electron chi connectivity index (χ0n) is 10.9. The van der Waals surface area contributed by atoms with E-state index < -0.39 is 0 Å². The Kier molecular flexibility index (Phi) is 5.15. The van der Waals surface area contributed by atoms with Crippen molar-refractivity contribution in [1.82, 2.24) is 0 Å². The Morgan fingerprint density at radius 3 is 2.31 bits per heavy atom. The normalized spacial score (nSPS) is 35.4.